The van der Waals surface area contributed by atoms with Gasteiger partial charge in [-0.15, -0.1) is 0 Å². The summed E-state index contributed by atoms with van der Waals surface area (Å²) in [6.07, 6.45) is -2.70. The van der Waals surface area contributed by atoms with E-state index in [1.54, 1.807) is 19.1 Å². The SMILES string of the molecule is C[C@@H](NC(=O)[C@@H]1C[C@H]1c1cccc(OC(F)F)c1)c1ccc(OCC(F)(F)F)cn1. The van der Waals surface area contributed by atoms with Crippen LogP contribution in [-0.4, -0.2) is 30.3 Å². The van der Waals surface area contributed by atoms with Crippen molar-refractivity contribution in [1.29, 1.82) is 0 Å². The lowest BCUT2D eigenvalue weighted by Crippen LogP contribution is -2.29. The van der Waals surface area contributed by atoms with Crippen molar-refractivity contribution in [3.05, 3.63) is 53.9 Å². The number of carbonyl (C=O) groups is 1. The summed E-state index contributed by atoms with van der Waals surface area (Å²) in [6.45, 7) is -2.63. The van der Waals surface area contributed by atoms with E-state index in [1.807, 2.05) is 0 Å². The van der Waals surface area contributed by atoms with Crippen LogP contribution >= 0.6 is 0 Å². The topological polar surface area (TPSA) is 60.5 Å². The summed E-state index contributed by atoms with van der Waals surface area (Å²) in [5.41, 5.74) is 1.21. The Balaban J connectivity index is 1.53. The molecule has 1 aromatic heterocycles. The Labute approximate surface area is 169 Å². The molecule has 0 radical (unpaired) electrons. The molecule has 1 fully saturated rings. The van der Waals surface area contributed by atoms with Gasteiger partial charge in [-0.1, -0.05) is 12.1 Å². The minimum Gasteiger partial charge on any atom is -0.483 e. The molecule has 2 aromatic rings. The lowest BCUT2D eigenvalue weighted by Gasteiger charge is -2.14. The zero-order valence-corrected chi connectivity index (χ0v) is 15.8. The van der Waals surface area contributed by atoms with Gasteiger partial charge >= 0.3 is 12.8 Å². The number of hydrogen-bond donors (Lipinski definition) is 1. The van der Waals surface area contributed by atoms with E-state index in [2.05, 4.69) is 19.8 Å². The van der Waals surface area contributed by atoms with Crippen LogP contribution in [0.4, 0.5) is 22.0 Å². The first-order chi connectivity index (χ1) is 14.1. The first kappa shape index (κ1) is 21.8. The van der Waals surface area contributed by atoms with Crippen LogP contribution in [0.3, 0.4) is 0 Å². The van der Waals surface area contributed by atoms with E-state index in [1.165, 1.54) is 24.3 Å². The predicted octanol–water partition coefficient (Wildman–Crippen LogP) is 4.61. The molecule has 3 rings (SSSR count). The summed E-state index contributed by atoms with van der Waals surface area (Å²) in [5, 5.41) is 2.81. The molecule has 0 unspecified atom stereocenters. The lowest BCUT2D eigenvalue weighted by atomic mass is 10.1. The maximum Gasteiger partial charge on any atom is 0.422 e. The number of alkyl halides is 5. The smallest absolute Gasteiger partial charge is 0.422 e. The molecule has 1 N–H and O–H groups in total. The number of carbonyl (C=O) groups excluding carboxylic acids is 1. The highest BCUT2D eigenvalue weighted by atomic mass is 19.4. The van der Waals surface area contributed by atoms with Crippen molar-refractivity contribution in [3.63, 3.8) is 0 Å². The number of benzene rings is 1. The number of aromatic nitrogens is 1. The van der Waals surface area contributed by atoms with Gasteiger partial charge in [0.1, 0.15) is 11.5 Å². The van der Waals surface area contributed by atoms with Crippen molar-refractivity contribution in [2.75, 3.05) is 6.61 Å². The van der Waals surface area contributed by atoms with Crippen molar-refractivity contribution in [2.24, 2.45) is 5.92 Å². The van der Waals surface area contributed by atoms with Gasteiger partial charge in [-0.2, -0.15) is 22.0 Å². The molecule has 1 aliphatic carbocycles. The van der Waals surface area contributed by atoms with Crippen molar-refractivity contribution >= 4 is 5.91 Å². The highest BCUT2D eigenvalue weighted by Crippen LogP contribution is 2.48. The maximum absolute atomic E-state index is 12.5. The number of rotatable bonds is 8. The summed E-state index contributed by atoms with van der Waals surface area (Å²) in [4.78, 5) is 16.5. The van der Waals surface area contributed by atoms with Gasteiger partial charge in [0.25, 0.3) is 0 Å². The predicted molar refractivity (Wildman–Crippen MR) is 96.3 cm³/mol. The molecule has 0 spiro atoms. The number of nitrogens with zero attached hydrogens (tertiary/aromatic N) is 1. The Hall–Kier alpha value is -2.91. The van der Waals surface area contributed by atoms with Crippen LogP contribution < -0.4 is 14.8 Å². The first-order valence-electron chi connectivity index (χ1n) is 9.13. The molecule has 1 amide bonds. The third-order valence-electron chi connectivity index (χ3n) is 4.60. The Morgan fingerprint density at radius 1 is 1.23 bits per heavy atom. The Kier molecular flexibility index (Phi) is 6.42. The van der Waals surface area contributed by atoms with E-state index in [-0.39, 0.29) is 29.2 Å². The summed E-state index contributed by atoms with van der Waals surface area (Å²) in [6, 6.07) is 8.62. The fraction of sp³-hybridized carbons (Fsp3) is 0.400. The van der Waals surface area contributed by atoms with Crippen LogP contribution in [0.25, 0.3) is 0 Å². The van der Waals surface area contributed by atoms with Gasteiger partial charge in [-0.05, 0) is 49.1 Å². The summed E-state index contributed by atoms with van der Waals surface area (Å²) in [7, 11) is 0. The third kappa shape index (κ3) is 6.04. The van der Waals surface area contributed by atoms with Gasteiger partial charge in [0.05, 0.1) is 17.9 Å². The molecule has 30 heavy (non-hydrogen) atoms. The molecule has 162 valence electrons. The molecule has 1 saturated carbocycles. The number of pyridine rings is 1. The average molecular weight is 430 g/mol. The molecule has 1 heterocycles. The lowest BCUT2D eigenvalue weighted by molar-refractivity contribution is -0.153. The Morgan fingerprint density at radius 2 is 2.00 bits per heavy atom. The average Bonchev–Trinajstić information content (AvgIpc) is 3.47. The maximum atomic E-state index is 12.5. The highest BCUT2D eigenvalue weighted by molar-refractivity contribution is 5.83. The standard InChI is InChI=1S/C20H19F5N2O3/c1-11(17-6-5-14(9-26-17)29-10-20(23,24)25)27-18(28)16-8-15(16)12-3-2-4-13(7-12)30-19(21)22/h2-7,9,11,15-16,19H,8,10H2,1H3,(H,27,28)/t11-,15+,16-/m1/s1. The third-order valence-corrected chi connectivity index (χ3v) is 4.60. The van der Waals surface area contributed by atoms with Gasteiger partial charge in [-0.3, -0.25) is 9.78 Å². The van der Waals surface area contributed by atoms with Gasteiger partial charge in [0, 0.05) is 5.92 Å². The fourth-order valence-corrected chi connectivity index (χ4v) is 3.07. The second-order valence-corrected chi connectivity index (χ2v) is 6.95. The zero-order valence-electron chi connectivity index (χ0n) is 15.8. The second kappa shape index (κ2) is 8.85. The van der Waals surface area contributed by atoms with Gasteiger partial charge in [0.15, 0.2) is 6.61 Å². The van der Waals surface area contributed by atoms with Gasteiger partial charge in [-0.25, -0.2) is 0 Å². The zero-order chi connectivity index (χ0) is 21.9. The van der Waals surface area contributed by atoms with E-state index in [4.69, 9.17) is 0 Å². The number of amides is 1. The summed E-state index contributed by atoms with van der Waals surface area (Å²) < 4.78 is 70.2. The summed E-state index contributed by atoms with van der Waals surface area (Å²) in [5.74, 6) is -0.596. The molecular formula is C20H19F5N2O3. The Morgan fingerprint density at radius 3 is 2.63 bits per heavy atom. The van der Waals surface area contributed by atoms with E-state index in [9.17, 15) is 26.7 Å². The fourth-order valence-electron chi connectivity index (χ4n) is 3.07. The van der Waals surface area contributed by atoms with Crippen LogP contribution in [0.1, 0.15) is 36.6 Å². The van der Waals surface area contributed by atoms with E-state index >= 15 is 0 Å². The number of nitrogens with one attached hydrogen (secondary N) is 1. The monoisotopic (exact) mass is 430 g/mol. The van der Waals surface area contributed by atoms with Crippen molar-refractivity contribution < 1.29 is 36.2 Å². The Bertz CT molecular complexity index is 873. The number of halogens is 5. The minimum absolute atomic E-state index is 0.0252. The van der Waals surface area contributed by atoms with Crippen LogP contribution in [-0.2, 0) is 4.79 Å². The molecular weight excluding hydrogens is 411 g/mol. The number of hydrogen-bond acceptors (Lipinski definition) is 4. The van der Waals surface area contributed by atoms with Crippen molar-refractivity contribution in [3.8, 4) is 11.5 Å². The van der Waals surface area contributed by atoms with Crippen LogP contribution in [0.2, 0.25) is 0 Å². The van der Waals surface area contributed by atoms with E-state index in [0.717, 1.165) is 11.8 Å². The van der Waals surface area contributed by atoms with E-state index < -0.39 is 25.4 Å². The summed E-state index contributed by atoms with van der Waals surface area (Å²) >= 11 is 0. The quantitative estimate of drug-likeness (QED) is 0.622. The molecule has 3 atom stereocenters. The van der Waals surface area contributed by atoms with Crippen molar-refractivity contribution in [2.45, 2.75) is 38.1 Å². The molecule has 5 nitrogen and oxygen atoms in total. The molecule has 10 heteroatoms. The first-order valence-corrected chi connectivity index (χ1v) is 9.13. The molecule has 0 bridgehead atoms. The van der Waals surface area contributed by atoms with Crippen LogP contribution in [0.5, 0.6) is 11.5 Å². The van der Waals surface area contributed by atoms with E-state index in [0.29, 0.717) is 12.1 Å². The number of ether oxygens (including phenoxy) is 2. The normalized spacial score (nSPS) is 19.3. The molecule has 1 aromatic carbocycles. The minimum atomic E-state index is -4.44. The van der Waals surface area contributed by atoms with Gasteiger partial charge < -0.3 is 14.8 Å². The molecule has 0 aliphatic heterocycles. The van der Waals surface area contributed by atoms with Crippen LogP contribution in [0.15, 0.2) is 42.6 Å². The largest absolute Gasteiger partial charge is 0.483 e. The highest BCUT2D eigenvalue weighted by Gasteiger charge is 2.44. The van der Waals surface area contributed by atoms with Crippen LogP contribution in [0, 0.1) is 5.92 Å². The second-order valence-electron chi connectivity index (χ2n) is 6.95. The molecule has 1 aliphatic rings. The molecule has 0 saturated heterocycles. The van der Waals surface area contributed by atoms with Crippen molar-refractivity contribution in [1.82, 2.24) is 10.3 Å². The van der Waals surface area contributed by atoms with Gasteiger partial charge in [0.2, 0.25) is 5.91 Å².